The van der Waals surface area contributed by atoms with Gasteiger partial charge in [-0.3, -0.25) is 19.2 Å². The molecule has 32 heavy (non-hydrogen) atoms. The van der Waals surface area contributed by atoms with E-state index in [1.807, 2.05) is 12.1 Å². The monoisotopic (exact) mass is 445 g/mol. The van der Waals surface area contributed by atoms with Crippen LogP contribution >= 0.6 is 0 Å². The van der Waals surface area contributed by atoms with Crippen LogP contribution in [0.5, 0.6) is 5.75 Å². The van der Waals surface area contributed by atoms with E-state index in [4.69, 9.17) is 9.47 Å². The van der Waals surface area contributed by atoms with E-state index in [-0.39, 0.29) is 49.1 Å². The molecule has 174 valence electrons. The smallest absolute Gasteiger partial charge is 0.310 e. The van der Waals surface area contributed by atoms with Crippen molar-refractivity contribution in [3.8, 4) is 5.75 Å². The Hall–Kier alpha value is -3.10. The molecule has 1 aromatic carbocycles. The van der Waals surface area contributed by atoms with Crippen molar-refractivity contribution in [3.05, 3.63) is 24.3 Å². The van der Waals surface area contributed by atoms with Crippen molar-refractivity contribution in [2.45, 2.75) is 39.2 Å². The molecular weight excluding hydrogens is 414 g/mol. The average molecular weight is 446 g/mol. The summed E-state index contributed by atoms with van der Waals surface area (Å²) in [5.41, 5.74) is 0.639. The van der Waals surface area contributed by atoms with Crippen molar-refractivity contribution in [3.63, 3.8) is 0 Å². The fourth-order valence-corrected chi connectivity index (χ4v) is 4.04. The summed E-state index contributed by atoms with van der Waals surface area (Å²) in [5, 5.41) is 0. The Morgan fingerprint density at radius 1 is 1.25 bits per heavy atom. The van der Waals surface area contributed by atoms with Crippen LogP contribution in [0.3, 0.4) is 0 Å². The van der Waals surface area contributed by atoms with E-state index in [0.717, 1.165) is 6.42 Å². The molecule has 0 radical (unpaired) electrons. The highest BCUT2D eigenvalue weighted by molar-refractivity contribution is 6.00. The van der Waals surface area contributed by atoms with E-state index in [2.05, 4.69) is 0 Å². The van der Waals surface area contributed by atoms with Gasteiger partial charge in [0.15, 0.2) is 6.10 Å². The number of fused-ring (bicyclic) bond motifs is 1. The number of anilines is 1. The van der Waals surface area contributed by atoms with Crippen LogP contribution in [0.1, 0.15) is 33.1 Å². The summed E-state index contributed by atoms with van der Waals surface area (Å²) in [4.78, 5) is 54.5. The first-order chi connectivity index (χ1) is 15.3. The van der Waals surface area contributed by atoms with Gasteiger partial charge in [-0.1, -0.05) is 12.1 Å². The molecule has 2 unspecified atom stereocenters. The highest BCUT2D eigenvalue weighted by Gasteiger charge is 2.32. The first-order valence-corrected chi connectivity index (χ1v) is 11.1. The van der Waals surface area contributed by atoms with Crippen molar-refractivity contribution in [1.82, 2.24) is 9.80 Å². The molecule has 0 aromatic heterocycles. The molecule has 0 bridgehead atoms. The maximum atomic E-state index is 12.7. The molecule has 0 saturated carbocycles. The van der Waals surface area contributed by atoms with Gasteiger partial charge in [0.1, 0.15) is 5.75 Å². The summed E-state index contributed by atoms with van der Waals surface area (Å²) in [6.07, 6.45) is 0.891. The van der Waals surface area contributed by atoms with Crippen molar-refractivity contribution >= 4 is 29.4 Å². The first-order valence-electron chi connectivity index (χ1n) is 11.1. The second-order valence-electron chi connectivity index (χ2n) is 8.15. The highest BCUT2D eigenvalue weighted by Crippen LogP contribution is 2.33. The number of rotatable bonds is 7. The summed E-state index contributed by atoms with van der Waals surface area (Å²) in [6, 6.07) is 7.22. The number of nitrogens with zero attached hydrogens (tertiary/aromatic N) is 3. The summed E-state index contributed by atoms with van der Waals surface area (Å²) < 4.78 is 10.7. The lowest BCUT2D eigenvalue weighted by Crippen LogP contribution is -2.48. The molecule has 3 amide bonds. The van der Waals surface area contributed by atoms with Gasteiger partial charge in [0.05, 0.1) is 24.8 Å². The number of likely N-dealkylation sites (N-methyl/N-ethyl adjacent to an activating group) is 1. The van der Waals surface area contributed by atoms with Gasteiger partial charge in [0, 0.05) is 33.1 Å². The number of ether oxygens (including phenoxy) is 2. The topological polar surface area (TPSA) is 96.5 Å². The molecule has 9 nitrogen and oxygen atoms in total. The minimum absolute atomic E-state index is 0.0710. The number of hydrogen-bond acceptors (Lipinski definition) is 6. The number of likely N-dealkylation sites (tertiary alicyclic amines) is 1. The molecule has 1 fully saturated rings. The number of esters is 1. The van der Waals surface area contributed by atoms with Crippen LogP contribution in [0, 0.1) is 5.92 Å². The molecular formula is C23H31N3O6. The van der Waals surface area contributed by atoms with Crippen LogP contribution in [-0.4, -0.2) is 79.4 Å². The van der Waals surface area contributed by atoms with Crippen LogP contribution in [0.25, 0.3) is 0 Å². The summed E-state index contributed by atoms with van der Waals surface area (Å²) in [7, 11) is 1.57. The Bertz CT molecular complexity index is 873. The predicted molar refractivity (Wildman–Crippen MR) is 117 cm³/mol. The zero-order valence-electron chi connectivity index (χ0n) is 18.9. The van der Waals surface area contributed by atoms with Crippen LogP contribution in [0.2, 0.25) is 0 Å². The van der Waals surface area contributed by atoms with Crippen LogP contribution < -0.4 is 9.64 Å². The van der Waals surface area contributed by atoms with E-state index in [9.17, 15) is 19.2 Å². The molecule has 9 heteroatoms. The van der Waals surface area contributed by atoms with Crippen LogP contribution in [0.15, 0.2) is 24.3 Å². The molecule has 0 spiro atoms. The average Bonchev–Trinajstić information content (AvgIpc) is 2.79. The van der Waals surface area contributed by atoms with Gasteiger partial charge < -0.3 is 24.2 Å². The van der Waals surface area contributed by atoms with E-state index < -0.39 is 6.10 Å². The van der Waals surface area contributed by atoms with Gasteiger partial charge in [0.2, 0.25) is 11.8 Å². The quantitative estimate of drug-likeness (QED) is 0.590. The normalized spacial score (nSPS) is 20.3. The van der Waals surface area contributed by atoms with E-state index in [1.54, 1.807) is 42.8 Å². The molecule has 0 aliphatic carbocycles. The lowest BCUT2D eigenvalue weighted by molar-refractivity contribution is -0.152. The van der Waals surface area contributed by atoms with Crippen molar-refractivity contribution in [1.29, 1.82) is 0 Å². The van der Waals surface area contributed by atoms with Gasteiger partial charge in [-0.05, 0) is 38.8 Å². The largest absolute Gasteiger partial charge is 0.479 e. The second kappa shape index (κ2) is 10.5. The van der Waals surface area contributed by atoms with Gasteiger partial charge in [-0.25, -0.2) is 0 Å². The second-order valence-corrected chi connectivity index (χ2v) is 8.15. The molecule has 0 N–H and O–H groups in total. The van der Waals surface area contributed by atoms with Gasteiger partial charge in [-0.2, -0.15) is 0 Å². The molecule has 2 atom stereocenters. The molecule has 3 rings (SSSR count). The number of hydrogen-bond donors (Lipinski definition) is 0. The van der Waals surface area contributed by atoms with Crippen LogP contribution in [-0.2, 0) is 23.9 Å². The number of carbonyl (C=O) groups is 4. The Morgan fingerprint density at radius 3 is 2.75 bits per heavy atom. The third-order valence-corrected chi connectivity index (χ3v) is 5.82. The Morgan fingerprint density at radius 2 is 2.00 bits per heavy atom. The molecule has 2 heterocycles. The minimum atomic E-state index is -0.620. The summed E-state index contributed by atoms with van der Waals surface area (Å²) >= 11 is 0. The van der Waals surface area contributed by atoms with E-state index in [1.165, 1.54) is 4.90 Å². The van der Waals surface area contributed by atoms with Crippen molar-refractivity contribution < 1.29 is 28.7 Å². The van der Waals surface area contributed by atoms with Gasteiger partial charge in [-0.15, -0.1) is 0 Å². The van der Waals surface area contributed by atoms with E-state index in [0.29, 0.717) is 37.6 Å². The zero-order chi connectivity index (χ0) is 23.3. The van der Waals surface area contributed by atoms with Gasteiger partial charge in [0.25, 0.3) is 5.91 Å². The maximum absolute atomic E-state index is 12.7. The number of piperidine rings is 1. The lowest BCUT2D eigenvalue weighted by atomic mass is 9.98. The molecule has 2 aliphatic heterocycles. The minimum Gasteiger partial charge on any atom is -0.479 e. The number of amides is 3. The first kappa shape index (κ1) is 23.6. The Balaban J connectivity index is 1.53. The Kier molecular flexibility index (Phi) is 7.71. The fraction of sp³-hybridized carbons (Fsp3) is 0.565. The third-order valence-electron chi connectivity index (χ3n) is 5.82. The van der Waals surface area contributed by atoms with E-state index >= 15 is 0 Å². The summed E-state index contributed by atoms with van der Waals surface area (Å²) in [5.74, 6) is -0.620. The SMILES string of the molecule is CCOC(=O)C1CCCN(C(=O)CN(C)C(=O)CCN2C(=O)C(C)Oc3ccccc32)C1. The highest BCUT2D eigenvalue weighted by atomic mass is 16.5. The number of carbonyl (C=O) groups excluding carboxylic acids is 4. The summed E-state index contributed by atoms with van der Waals surface area (Å²) in [6.45, 7) is 4.77. The molecule has 1 saturated heterocycles. The molecule has 1 aromatic rings. The molecule has 2 aliphatic rings. The lowest BCUT2D eigenvalue weighted by Gasteiger charge is -2.34. The standard InChI is InChI=1S/C23H31N3O6/c1-4-31-23(30)17-8-7-12-25(14-17)21(28)15-24(3)20(27)11-13-26-18-9-5-6-10-19(18)32-16(2)22(26)29/h5-6,9-10,16-17H,4,7-8,11-15H2,1-3H3. The Labute approximate surface area is 188 Å². The maximum Gasteiger partial charge on any atom is 0.310 e. The third kappa shape index (κ3) is 5.38. The van der Waals surface area contributed by atoms with Crippen molar-refractivity contribution in [2.75, 3.05) is 44.7 Å². The number of para-hydroxylation sites is 2. The van der Waals surface area contributed by atoms with Gasteiger partial charge >= 0.3 is 5.97 Å². The fourth-order valence-electron chi connectivity index (χ4n) is 4.04. The zero-order valence-corrected chi connectivity index (χ0v) is 18.9. The van der Waals surface area contributed by atoms with Crippen LogP contribution in [0.4, 0.5) is 5.69 Å². The predicted octanol–water partition coefficient (Wildman–Crippen LogP) is 1.45. The van der Waals surface area contributed by atoms with Crippen molar-refractivity contribution in [2.24, 2.45) is 5.92 Å². The number of benzene rings is 1.